The number of fused-ring (bicyclic) bond motifs is 1. The third kappa shape index (κ3) is 5.21. The SMILES string of the molecule is COc1ccc(-c2ccccc2)c2sc(NC(=O)c3ccc(CNCc4ccncc4)cc3)nc12. The Labute approximate surface area is 207 Å². The number of carbonyl (C=O) groups excluding carboxylic acids is 1. The number of hydrogen-bond acceptors (Lipinski definition) is 6. The van der Waals surface area contributed by atoms with E-state index in [0.29, 0.717) is 23.0 Å². The number of carbonyl (C=O) groups is 1. The highest BCUT2D eigenvalue weighted by Gasteiger charge is 2.16. The van der Waals surface area contributed by atoms with Gasteiger partial charge in [-0.3, -0.25) is 15.1 Å². The van der Waals surface area contributed by atoms with Crippen molar-refractivity contribution in [3.8, 4) is 16.9 Å². The summed E-state index contributed by atoms with van der Waals surface area (Å²) in [6.45, 7) is 1.47. The summed E-state index contributed by atoms with van der Waals surface area (Å²) in [5.74, 6) is 0.487. The average molecular weight is 481 g/mol. The number of benzene rings is 3. The number of methoxy groups -OCH3 is 1. The Morgan fingerprint density at radius 2 is 1.60 bits per heavy atom. The fourth-order valence-corrected chi connectivity index (χ4v) is 4.85. The minimum Gasteiger partial charge on any atom is -0.494 e. The van der Waals surface area contributed by atoms with Crippen molar-refractivity contribution in [2.45, 2.75) is 13.1 Å². The summed E-state index contributed by atoms with van der Waals surface area (Å²) in [6.07, 6.45) is 3.57. The highest BCUT2D eigenvalue weighted by molar-refractivity contribution is 7.23. The van der Waals surface area contributed by atoms with E-state index < -0.39 is 0 Å². The molecule has 174 valence electrons. The number of ether oxygens (including phenoxy) is 1. The number of rotatable bonds is 8. The summed E-state index contributed by atoms with van der Waals surface area (Å²) in [5, 5.41) is 6.89. The number of hydrogen-bond donors (Lipinski definition) is 2. The molecule has 0 saturated heterocycles. The van der Waals surface area contributed by atoms with E-state index >= 15 is 0 Å². The van der Waals surface area contributed by atoms with Gasteiger partial charge in [-0.25, -0.2) is 4.98 Å². The summed E-state index contributed by atoms with van der Waals surface area (Å²) >= 11 is 1.45. The Balaban J connectivity index is 1.29. The van der Waals surface area contributed by atoms with Crippen LogP contribution in [0, 0.1) is 0 Å². The molecule has 5 aromatic rings. The summed E-state index contributed by atoms with van der Waals surface area (Å²) in [6, 6.07) is 25.6. The number of pyridine rings is 1. The second-order valence-corrected chi connectivity index (χ2v) is 8.99. The first-order valence-electron chi connectivity index (χ1n) is 11.2. The zero-order valence-electron chi connectivity index (χ0n) is 19.2. The molecule has 2 N–H and O–H groups in total. The molecule has 6 nitrogen and oxygen atoms in total. The fraction of sp³-hybridized carbons (Fsp3) is 0.107. The Morgan fingerprint density at radius 1 is 0.886 bits per heavy atom. The van der Waals surface area contributed by atoms with E-state index in [4.69, 9.17) is 4.74 Å². The average Bonchev–Trinajstić information content (AvgIpc) is 3.33. The molecule has 35 heavy (non-hydrogen) atoms. The number of nitrogens with zero attached hydrogens (tertiary/aromatic N) is 2. The zero-order chi connectivity index (χ0) is 24.0. The molecule has 0 atom stereocenters. The molecule has 3 aromatic carbocycles. The van der Waals surface area contributed by atoms with E-state index in [1.54, 1.807) is 19.5 Å². The van der Waals surface area contributed by atoms with Crippen LogP contribution in [0.3, 0.4) is 0 Å². The lowest BCUT2D eigenvalue weighted by atomic mass is 10.1. The first-order valence-corrected chi connectivity index (χ1v) is 12.1. The monoisotopic (exact) mass is 480 g/mol. The minimum atomic E-state index is -0.194. The molecular weight excluding hydrogens is 456 g/mol. The van der Waals surface area contributed by atoms with Crippen molar-refractivity contribution in [3.05, 3.63) is 108 Å². The molecule has 0 unspecified atom stereocenters. The van der Waals surface area contributed by atoms with Crippen LogP contribution in [0.5, 0.6) is 5.75 Å². The lowest BCUT2D eigenvalue weighted by Gasteiger charge is -2.06. The maximum atomic E-state index is 12.9. The molecule has 0 aliphatic carbocycles. The first kappa shape index (κ1) is 22.7. The quantitative estimate of drug-likeness (QED) is 0.289. The van der Waals surface area contributed by atoms with E-state index in [1.165, 1.54) is 16.9 Å². The van der Waals surface area contributed by atoms with Crippen LogP contribution >= 0.6 is 11.3 Å². The van der Waals surface area contributed by atoms with Crippen molar-refractivity contribution in [1.82, 2.24) is 15.3 Å². The smallest absolute Gasteiger partial charge is 0.257 e. The molecule has 2 heterocycles. The van der Waals surface area contributed by atoms with Crippen molar-refractivity contribution in [1.29, 1.82) is 0 Å². The zero-order valence-corrected chi connectivity index (χ0v) is 20.0. The van der Waals surface area contributed by atoms with Crippen LogP contribution < -0.4 is 15.4 Å². The largest absolute Gasteiger partial charge is 0.494 e. The van der Waals surface area contributed by atoms with Gasteiger partial charge in [-0.05, 0) is 53.1 Å². The predicted octanol–water partition coefficient (Wildman–Crippen LogP) is 5.91. The minimum absolute atomic E-state index is 0.194. The van der Waals surface area contributed by atoms with Crippen molar-refractivity contribution in [2.24, 2.45) is 0 Å². The number of amides is 1. The van der Waals surface area contributed by atoms with Crippen molar-refractivity contribution in [3.63, 3.8) is 0 Å². The molecule has 7 heteroatoms. The van der Waals surface area contributed by atoms with E-state index in [9.17, 15) is 4.79 Å². The molecule has 0 aliphatic rings. The summed E-state index contributed by atoms with van der Waals surface area (Å²) < 4.78 is 6.49. The van der Waals surface area contributed by atoms with E-state index in [-0.39, 0.29) is 5.91 Å². The molecule has 0 aliphatic heterocycles. The molecule has 5 rings (SSSR count). The van der Waals surface area contributed by atoms with Gasteiger partial charge < -0.3 is 10.1 Å². The molecular formula is C28H24N4O2S. The van der Waals surface area contributed by atoms with Gasteiger partial charge in [-0.15, -0.1) is 0 Å². The van der Waals surface area contributed by atoms with Crippen LogP contribution in [0.15, 0.2) is 91.3 Å². The van der Waals surface area contributed by atoms with Gasteiger partial charge in [0.05, 0.1) is 11.8 Å². The lowest BCUT2D eigenvalue weighted by Crippen LogP contribution is -2.14. The Kier molecular flexibility index (Phi) is 6.79. The van der Waals surface area contributed by atoms with Gasteiger partial charge in [0.25, 0.3) is 5.91 Å². The van der Waals surface area contributed by atoms with E-state index in [2.05, 4.69) is 32.7 Å². The van der Waals surface area contributed by atoms with Crippen LogP contribution in [0.1, 0.15) is 21.5 Å². The second kappa shape index (κ2) is 10.5. The van der Waals surface area contributed by atoms with Crippen LogP contribution in [-0.2, 0) is 13.1 Å². The predicted molar refractivity (Wildman–Crippen MR) is 141 cm³/mol. The number of nitrogens with one attached hydrogen (secondary N) is 2. The molecule has 0 bridgehead atoms. The third-order valence-corrected chi connectivity index (χ3v) is 6.66. The summed E-state index contributed by atoms with van der Waals surface area (Å²) in [4.78, 5) is 21.6. The molecule has 0 fully saturated rings. The number of anilines is 1. The normalized spacial score (nSPS) is 10.9. The molecule has 0 radical (unpaired) electrons. The van der Waals surface area contributed by atoms with Crippen molar-refractivity contribution in [2.75, 3.05) is 12.4 Å². The molecule has 2 aromatic heterocycles. The molecule has 0 saturated carbocycles. The maximum Gasteiger partial charge on any atom is 0.257 e. The molecule has 1 amide bonds. The Bertz CT molecular complexity index is 1440. The second-order valence-electron chi connectivity index (χ2n) is 7.99. The first-order chi connectivity index (χ1) is 17.2. The summed E-state index contributed by atoms with van der Waals surface area (Å²) in [5.41, 5.74) is 5.76. The fourth-order valence-electron chi connectivity index (χ4n) is 3.84. The van der Waals surface area contributed by atoms with Gasteiger partial charge in [0.2, 0.25) is 0 Å². The molecule has 0 spiro atoms. The highest BCUT2D eigenvalue weighted by atomic mass is 32.1. The lowest BCUT2D eigenvalue weighted by molar-refractivity contribution is 0.102. The van der Waals surface area contributed by atoms with Crippen molar-refractivity contribution < 1.29 is 9.53 Å². The topological polar surface area (TPSA) is 76.1 Å². The van der Waals surface area contributed by atoms with Crippen LogP contribution in [0.2, 0.25) is 0 Å². The van der Waals surface area contributed by atoms with Gasteiger partial charge >= 0.3 is 0 Å². The van der Waals surface area contributed by atoms with E-state index in [1.807, 2.05) is 66.7 Å². The van der Waals surface area contributed by atoms with Crippen LogP contribution in [0.25, 0.3) is 21.3 Å². The maximum absolute atomic E-state index is 12.9. The van der Waals surface area contributed by atoms with Gasteiger partial charge in [0, 0.05) is 36.6 Å². The van der Waals surface area contributed by atoms with Gasteiger partial charge in [0.15, 0.2) is 5.13 Å². The van der Waals surface area contributed by atoms with Crippen LogP contribution in [-0.4, -0.2) is 23.0 Å². The van der Waals surface area contributed by atoms with E-state index in [0.717, 1.165) is 33.5 Å². The third-order valence-electron chi connectivity index (χ3n) is 5.66. The van der Waals surface area contributed by atoms with Crippen LogP contribution in [0.4, 0.5) is 5.13 Å². The van der Waals surface area contributed by atoms with Gasteiger partial charge in [-0.1, -0.05) is 53.8 Å². The number of aromatic nitrogens is 2. The highest BCUT2D eigenvalue weighted by Crippen LogP contribution is 2.39. The Morgan fingerprint density at radius 3 is 2.31 bits per heavy atom. The van der Waals surface area contributed by atoms with Gasteiger partial charge in [-0.2, -0.15) is 0 Å². The number of thiazole rings is 1. The standard InChI is InChI=1S/C28H24N4O2S/c1-34-24-12-11-23(21-5-3-2-4-6-21)26-25(24)31-28(35-26)32-27(33)22-9-7-19(8-10-22)17-30-18-20-13-15-29-16-14-20/h2-16,30H,17-18H2,1H3,(H,31,32,33). The van der Waals surface area contributed by atoms with Crippen molar-refractivity contribution >= 4 is 32.6 Å². The summed E-state index contributed by atoms with van der Waals surface area (Å²) in [7, 11) is 1.63. The Hall–Kier alpha value is -4.07. The van der Waals surface area contributed by atoms with Gasteiger partial charge in [0.1, 0.15) is 11.3 Å².